The summed E-state index contributed by atoms with van der Waals surface area (Å²) in [5, 5.41) is 20.9. The number of nitrogens with zero attached hydrogens (tertiary/aromatic N) is 2. The number of hydrogen-bond donors (Lipinski definition) is 2. The van der Waals surface area contributed by atoms with Gasteiger partial charge >= 0.3 is 12.1 Å². The molecule has 1 rings (SSSR count). The number of carboxylic acid groups (broad SMARTS) is 1. The Kier molecular flexibility index (Phi) is 3.53. The molecule has 0 bridgehead atoms. The van der Waals surface area contributed by atoms with Crippen molar-refractivity contribution in [3.05, 3.63) is 18.0 Å². The van der Waals surface area contributed by atoms with Gasteiger partial charge in [-0.2, -0.15) is 18.3 Å². The summed E-state index contributed by atoms with van der Waals surface area (Å²) in [5.74, 6) is -1.28. The Labute approximate surface area is 88.1 Å². The molecule has 90 valence electrons. The number of aromatic nitrogens is 2. The van der Waals surface area contributed by atoms with Crippen LogP contribution in [0.3, 0.4) is 0 Å². The molecule has 0 spiro atoms. The van der Waals surface area contributed by atoms with Gasteiger partial charge in [0, 0.05) is 19.2 Å². The SMILES string of the molecule is O=C(O)c1ccnn1CCC(O)C(F)(F)F. The van der Waals surface area contributed by atoms with Crippen LogP contribution in [0.5, 0.6) is 0 Å². The zero-order valence-corrected chi connectivity index (χ0v) is 7.98. The van der Waals surface area contributed by atoms with E-state index >= 15 is 0 Å². The highest BCUT2D eigenvalue weighted by atomic mass is 19.4. The Hall–Kier alpha value is -1.57. The third-order valence-electron chi connectivity index (χ3n) is 1.93. The normalized spacial score (nSPS) is 13.8. The molecule has 0 aliphatic heterocycles. The van der Waals surface area contributed by atoms with Gasteiger partial charge in [-0.05, 0) is 6.07 Å². The van der Waals surface area contributed by atoms with E-state index in [4.69, 9.17) is 10.2 Å². The van der Waals surface area contributed by atoms with Crippen LogP contribution in [0.25, 0.3) is 0 Å². The van der Waals surface area contributed by atoms with Gasteiger partial charge in [-0.15, -0.1) is 0 Å². The van der Waals surface area contributed by atoms with E-state index in [1.807, 2.05) is 0 Å². The van der Waals surface area contributed by atoms with Crippen LogP contribution in [0.15, 0.2) is 12.3 Å². The molecule has 0 fully saturated rings. The fraction of sp³-hybridized carbons (Fsp3) is 0.500. The minimum atomic E-state index is -4.70. The number of aliphatic hydroxyl groups excluding tert-OH is 1. The minimum Gasteiger partial charge on any atom is -0.477 e. The minimum absolute atomic E-state index is 0.214. The summed E-state index contributed by atoms with van der Waals surface area (Å²) in [4.78, 5) is 10.6. The molecule has 1 atom stereocenters. The molecule has 0 amide bonds. The van der Waals surface area contributed by atoms with E-state index in [0.29, 0.717) is 0 Å². The first kappa shape index (κ1) is 12.5. The number of carboxylic acids is 1. The second-order valence-electron chi connectivity index (χ2n) is 3.09. The van der Waals surface area contributed by atoms with Gasteiger partial charge < -0.3 is 10.2 Å². The average molecular weight is 238 g/mol. The fourth-order valence-electron chi connectivity index (χ4n) is 1.10. The van der Waals surface area contributed by atoms with Gasteiger partial charge in [0.2, 0.25) is 0 Å². The van der Waals surface area contributed by atoms with Crippen molar-refractivity contribution in [1.29, 1.82) is 0 Å². The predicted octanol–water partition coefficient (Wildman–Crippen LogP) is 0.895. The lowest BCUT2D eigenvalue weighted by Crippen LogP contribution is -2.30. The molecule has 0 radical (unpaired) electrons. The lowest BCUT2D eigenvalue weighted by atomic mass is 10.2. The van der Waals surface area contributed by atoms with Crippen LogP contribution in [0.1, 0.15) is 16.9 Å². The summed E-state index contributed by atoms with van der Waals surface area (Å²) < 4.78 is 36.7. The number of rotatable bonds is 4. The standard InChI is InChI=1S/C8H9F3N2O3/c9-8(10,11)6(14)2-4-13-5(7(15)16)1-3-12-13/h1,3,6,14H,2,4H2,(H,15,16). The first-order valence-electron chi connectivity index (χ1n) is 4.32. The van der Waals surface area contributed by atoms with E-state index in [2.05, 4.69) is 5.10 Å². The number of halogens is 3. The maximum absolute atomic E-state index is 11.9. The predicted molar refractivity (Wildman–Crippen MR) is 45.9 cm³/mol. The number of carbonyl (C=O) groups is 1. The van der Waals surface area contributed by atoms with Crippen LogP contribution >= 0.6 is 0 Å². The zero-order valence-electron chi connectivity index (χ0n) is 7.98. The van der Waals surface area contributed by atoms with Crippen LogP contribution in [0.2, 0.25) is 0 Å². The molecule has 1 heterocycles. The topological polar surface area (TPSA) is 75.3 Å². The second kappa shape index (κ2) is 4.52. The second-order valence-corrected chi connectivity index (χ2v) is 3.09. The molecule has 2 N–H and O–H groups in total. The third-order valence-corrected chi connectivity index (χ3v) is 1.93. The Bertz CT molecular complexity index is 375. The maximum Gasteiger partial charge on any atom is 0.414 e. The molecule has 0 aliphatic rings. The zero-order chi connectivity index (χ0) is 12.3. The highest BCUT2D eigenvalue weighted by Crippen LogP contribution is 2.22. The van der Waals surface area contributed by atoms with Crippen molar-refractivity contribution in [2.24, 2.45) is 0 Å². The maximum atomic E-state index is 11.9. The van der Waals surface area contributed by atoms with Crippen LogP contribution in [0, 0.1) is 0 Å². The van der Waals surface area contributed by atoms with Crippen LogP contribution in [0.4, 0.5) is 13.2 Å². The molecule has 5 nitrogen and oxygen atoms in total. The van der Waals surface area contributed by atoms with Crippen molar-refractivity contribution < 1.29 is 28.2 Å². The van der Waals surface area contributed by atoms with Crippen molar-refractivity contribution in [2.75, 3.05) is 0 Å². The van der Waals surface area contributed by atoms with Crippen LogP contribution in [-0.4, -0.2) is 38.2 Å². The average Bonchev–Trinajstić information content (AvgIpc) is 2.60. The number of alkyl halides is 3. The molecule has 16 heavy (non-hydrogen) atoms. The van der Waals surface area contributed by atoms with Gasteiger partial charge in [0.15, 0.2) is 6.10 Å². The van der Waals surface area contributed by atoms with Crippen LogP contribution < -0.4 is 0 Å². The molecular formula is C8H9F3N2O3. The first-order valence-corrected chi connectivity index (χ1v) is 4.32. The van der Waals surface area contributed by atoms with Crippen molar-refractivity contribution in [3.8, 4) is 0 Å². The smallest absolute Gasteiger partial charge is 0.414 e. The first-order chi connectivity index (χ1) is 7.32. The fourth-order valence-corrected chi connectivity index (χ4v) is 1.10. The van der Waals surface area contributed by atoms with Gasteiger partial charge in [0.25, 0.3) is 0 Å². The summed E-state index contributed by atoms with van der Waals surface area (Å²) in [6, 6.07) is 1.17. The molecule has 8 heteroatoms. The largest absolute Gasteiger partial charge is 0.477 e. The van der Waals surface area contributed by atoms with Gasteiger partial charge in [-0.3, -0.25) is 4.68 Å². The highest BCUT2D eigenvalue weighted by Gasteiger charge is 2.37. The summed E-state index contributed by atoms with van der Waals surface area (Å²) in [6.45, 7) is -0.310. The van der Waals surface area contributed by atoms with Gasteiger partial charge in [-0.25, -0.2) is 4.79 Å². The van der Waals surface area contributed by atoms with Gasteiger partial charge in [-0.1, -0.05) is 0 Å². The van der Waals surface area contributed by atoms with Crippen molar-refractivity contribution in [2.45, 2.75) is 25.2 Å². The Balaban J connectivity index is 2.62. The molecule has 1 aromatic heterocycles. The van der Waals surface area contributed by atoms with Crippen molar-refractivity contribution in [1.82, 2.24) is 9.78 Å². The van der Waals surface area contributed by atoms with E-state index in [1.54, 1.807) is 0 Å². The summed E-state index contributed by atoms with van der Waals surface area (Å²) in [5.41, 5.74) is -0.214. The quantitative estimate of drug-likeness (QED) is 0.816. The Morgan fingerprint density at radius 3 is 2.69 bits per heavy atom. The third kappa shape index (κ3) is 2.96. The molecule has 0 aromatic carbocycles. The van der Waals surface area contributed by atoms with Gasteiger partial charge in [0.1, 0.15) is 5.69 Å². The Morgan fingerprint density at radius 2 is 2.19 bits per heavy atom. The van der Waals surface area contributed by atoms with E-state index in [0.717, 1.165) is 4.68 Å². The van der Waals surface area contributed by atoms with Crippen molar-refractivity contribution >= 4 is 5.97 Å². The summed E-state index contributed by atoms with van der Waals surface area (Å²) >= 11 is 0. The molecule has 0 saturated heterocycles. The molecule has 0 saturated carbocycles. The van der Waals surface area contributed by atoms with E-state index in [1.165, 1.54) is 12.3 Å². The lowest BCUT2D eigenvalue weighted by Gasteiger charge is -2.14. The van der Waals surface area contributed by atoms with Gasteiger partial charge in [0.05, 0.1) is 0 Å². The van der Waals surface area contributed by atoms with Crippen LogP contribution in [-0.2, 0) is 6.54 Å². The number of aliphatic hydroxyl groups is 1. The molecule has 1 aromatic rings. The number of aromatic carboxylic acids is 1. The van der Waals surface area contributed by atoms with E-state index in [-0.39, 0.29) is 12.2 Å². The summed E-state index contributed by atoms with van der Waals surface area (Å²) in [7, 11) is 0. The lowest BCUT2D eigenvalue weighted by molar-refractivity contribution is -0.206. The summed E-state index contributed by atoms with van der Waals surface area (Å²) in [6.07, 6.45) is -6.64. The Morgan fingerprint density at radius 1 is 1.56 bits per heavy atom. The molecule has 1 unspecified atom stereocenters. The monoisotopic (exact) mass is 238 g/mol. The molecular weight excluding hydrogens is 229 g/mol. The van der Waals surface area contributed by atoms with E-state index < -0.39 is 24.7 Å². The number of aryl methyl sites for hydroxylation is 1. The van der Waals surface area contributed by atoms with Crippen molar-refractivity contribution in [3.63, 3.8) is 0 Å². The van der Waals surface area contributed by atoms with E-state index in [9.17, 15) is 18.0 Å². The molecule has 0 aliphatic carbocycles. The highest BCUT2D eigenvalue weighted by molar-refractivity contribution is 5.85. The number of hydrogen-bond acceptors (Lipinski definition) is 3.